The summed E-state index contributed by atoms with van der Waals surface area (Å²) in [6.07, 6.45) is 11.8. The van der Waals surface area contributed by atoms with Crippen molar-refractivity contribution >= 4 is 28.0 Å². The summed E-state index contributed by atoms with van der Waals surface area (Å²) in [5.41, 5.74) is -1.44. The van der Waals surface area contributed by atoms with Crippen LogP contribution in [0.25, 0.3) is 0 Å². The van der Waals surface area contributed by atoms with Gasteiger partial charge in [0.05, 0.1) is 18.4 Å². The minimum Gasteiger partial charge on any atom is -0.747 e. The van der Waals surface area contributed by atoms with Crippen molar-refractivity contribution in [3.63, 3.8) is 0 Å². The van der Waals surface area contributed by atoms with Gasteiger partial charge in [-0.25, -0.2) is 8.42 Å². The average molecular weight is 531 g/mol. The molecule has 1 aliphatic heterocycles. The summed E-state index contributed by atoms with van der Waals surface area (Å²) in [6, 6.07) is 0. The van der Waals surface area contributed by atoms with E-state index in [1.807, 2.05) is 0 Å². The van der Waals surface area contributed by atoms with Gasteiger partial charge in [-0.2, -0.15) is 0 Å². The van der Waals surface area contributed by atoms with E-state index in [2.05, 4.69) is 6.92 Å². The number of hydrogen-bond acceptors (Lipinski definition) is 10. The van der Waals surface area contributed by atoms with Crippen molar-refractivity contribution in [2.24, 2.45) is 5.41 Å². The monoisotopic (exact) mass is 530 g/mol. The van der Waals surface area contributed by atoms with E-state index in [9.17, 15) is 32.5 Å². The quantitative estimate of drug-likeness (QED) is 0.0917. The minimum atomic E-state index is -5.13. The standard InChI is InChI=1S/C23H40O10S.Na/c1-2-3-4-5-6-7-8-9-10-11-12-13-20(25)31-16-23(15-24)17-32-21(26)14-19(34(28,29)30)22(27)33-18-23;/h19,24H,2-18H2,1H3,(H,28,29,30);/q;+1/p-1. The molecule has 0 aromatic rings. The predicted molar refractivity (Wildman–Crippen MR) is 122 cm³/mol. The molecule has 0 aliphatic carbocycles. The number of carbonyl (C=O) groups is 3. The van der Waals surface area contributed by atoms with Crippen LogP contribution in [0.3, 0.4) is 0 Å². The van der Waals surface area contributed by atoms with E-state index in [0.717, 1.165) is 19.3 Å². The molecule has 0 spiro atoms. The molecule has 1 fully saturated rings. The van der Waals surface area contributed by atoms with E-state index in [0.29, 0.717) is 6.42 Å². The molecule has 198 valence electrons. The van der Waals surface area contributed by atoms with Crippen molar-refractivity contribution in [1.29, 1.82) is 0 Å². The van der Waals surface area contributed by atoms with Crippen molar-refractivity contribution in [3.05, 3.63) is 0 Å². The molecule has 0 saturated carbocycles. The Balaban J connectivity index is 0.0000116. The summed E-state index contributed by atoms with van der Waals surface area (Å²) in [6.45, 7) is 0.110. The van der Waals surface area contributed by atoms with E-state index in [1.165, 1.54) is 44.9 Å². The number of esters is 3. The molecule has 0 bridgehead atoms. The number of hydrogen-bond donors (Lipinski definition) is 1. The first-order valence-corrected chi connectivity index (χ1v) is 13.6. The van der Waals surface area contributed by atoms with Crippen molar-refractivity contribution in [3.8, 4) is 0 Å². The molecule has 0 aromatic heterocycles. The Bertz CT molecular complexity index is 743. The molecule has 2 unspecified atom stereocenters. The zero-order chi connectivity index (χ0) is 25.5. The second kappa shape index (κ2) is 18.5. The summed E-state index contributed by atoms with van der Waals surface area (Å²) >= 11 is 0. The van der Waals surface area contributed by atoms with Gasteiger partial charge in [-0.05, 0) is 6.42 Å². The molecule has 0 radical (unpaired) electrons. The van der Waals surface area contributed by atoms with Crippen molar-refractivity contribution in [2.75, 3.05) is 26.4 Å². The van der Waals surface area contributed by atoms with Crippen LogP contribution in [0.2, 0.25) is 0 Å². The molecule has 2 atom stereocenters. The van der Waals surface area contributed by atoms with Gasteiger partial charge in [0.1, 0.15) is 29.9 Å². The van der Waals surface area contributed by atoms with Crippen LogP contribution < -0.4 is 29.6 Å². The first-order valence-electron chi connectivity index (χ1n) is 12.2. The Labute approximate surface area is 230 Å². The summed E-state index contributed by atoms with van der Waals surface area (Å²) in [4.78, 5) is 35.9. The number of rotatable bonds is 16. The number of ether oxygens (including phenoxy) is 3. The number of carbonyl (C=O) groups excluding carboxylic acids is 3. The van der Waals surface area contributed by atoms with Gasteiger partial charge in [0.15, 0.2) is 5.25 Å². The second-order valence-electron chi connectivity index (χ2n) is 9.06. The molecular formula is C23H39NaO10S. The van der Waals surface area contributed by atoms with Gasteiger partial charge in [0, 0.05) is 6.42 Å². The fourth-order valence-electron chi connectivity index (χ4n) is 3.57. The van der Waals surface area contributed by atoms with E-state index in [1.54, 1.807) is 0 Å². The van der Waals surface area contributed by atoms with Crippen LogP contribution in [-0.2, 0) is 38.7 Å². The fourth-order valence-corrected chi connectivity index (χ4v) is 4.21. The molecule has 1 saturated heterocycles. The smallest absolute Gasteiger partial charge is 0.747 e. The normalized spacial score (nSPS) is 21.1. The van der Waals surface area contributed by atoms with E-state index < -0.39 is 71.5 Å². The van der Waals surface area contributed by atoms with Gasteiger partial charge in [0.25, 0.3) is 0 Å². The van der Waals surface area contributed by atoms with Crippen LogP contribution in [0.4, 0.5) is 0 Å². The molecule has 1 aliphatic rings. The van der Waals surface area contributed by atoms with Gasteiger partial charge in [-0.15, -0.1) is 0 Å². The summed E-state index contributed by atoms with van der Waals surface area (Å²) in [7, 11) is -5.13. The van der Waals surface area contributed by atoms with Crippen LogP contribution in [0.15, 0.2) is 0 Å². The van der Waals surface area contributed by atoms with Crippen LogP contribution >= 0.6 is 0 Å². The molecule has 0 amide bonds. The van der Waals surface area contributed by atoms with Crippen molar-refractivity contribution < 1.29 is 76.2 Å². The van der Waals surface area contributed by atoms with E-state index in [4.69, 9.17) is 14.2 Å². The molecular weight excluding hydrogens is 491 g/mol. The summed E-state index contributed by atoms with van der Waals surface area (Å²) < 4.78 is 48.7. The molecule has 12 heteroatoms. The van der Waals surface area contributed by atoms with Gasteiger partial charge in [-0.1, -0.05) is 71.1 Å². The first kappa shape index (κ1) is 34.3. The molecule has 10 nitrogen and oxygen atoms in total. The third kappa shape index (κ3) is 14.6. The van der Waals surface area contributed by atoms with Crippen LogP contribution in [-0.4, -0.2) is 67.7 Å². The van der Waals surface area contributed by atoms with Gasteiger partial charge in [-0.3, -0.25) is 14.4 Å². The maximum Gasteiger partial charge on any atom is 1.00 e. The zero-order valence-corrected chi connectivity index (χ0v) is 23.9. The largest absolute Gasteiger partial charge is 1.00 e. The number of aliphatic hydroxyl groups excluding tert-OH is 1. The molecule has 1 N–H and O–H groups in total. The molecule has 1 heterocycles. The Hall–Kier alpha value is -0.720. The van der Waals surface area contributed by atoms with Crippen molar-refractivity contribution in [1.82, 2.24) is 0 Å². The Kier molecular flexibility index (Phi) is 18.1. The van der Waals surface area contributed by atoms with E-state index in [-0.39, 0.29) is 36.0 Å². The molecule has 1 rings (SSSR count). The molecule has 0 aromatic carbocycles. The SMILES string of the molecule is CCCCCCCCCCCCCC(=O)OCC1(CO)COC(=O)CC(S(=O)(=O)[O-])C(=O)OC1.[Na+]. The average Bonchev–Trinajstić information content (AvgIpc) is 2.85. The third-order valence-electron chi connectivity index (χ3n) is 5.88. The van der Waals surface area contributed by atoms with Crippen LogP contribution in [0.1, 0.15) is 90.4 Å². The van der Waals surface area contributed by atoms with Crippen LogP contribution in [0.5, 0.6) is 0 Å². The Morgan fingerprint density at radius 1 is 1.00 bits per heavy atom. The fraction of sp³-hybridized carbons (Fsp3) is 0.870. The van der Waals surface area contributed by atoms with E-state index >= 15 is 0 Å². The van der Waals surface area contributed by atoms with Gasteiger partial charge >= 0.3 is 47.5 Å². The topological polar surface area (TPSA) is 156 Å². The van der Waals surface area contributed by atoms with Gasteiger partial charge < -0.3 is 23.9 Å². The first-order chi connectivity index (χ1) is 16.1. The Morgan fingerprint density at radius 2 is 1.51 bits per heavy atom. The number of aliphatic hydroxyl groups is 1. The maximum atomic E-state index is 12.1. The second-order valence-corrected chi connectivity index (χ2v) is 10.6. The summed E-state index contributed by atoms with van der Waals surface area (Å²) in [5, 5.41) is 7.56. The molecule has 35 heavy (non-hydrogen) atoms. The summed E-state index contributed by atoms with van der Waals surface area (Å²) in [5.74, 6) is -3.01. The minimum absolute atomic E-state index is 0. The number of unbranched alkanes of at least 4 members (excludes halogenated alkanes) is 10. The number of cyclic esters (lactones) is 2. The zero-order valence-electron chi connectivity index (χ0n) is 21.1. The Morgan fingerprint density at radius 3 is 2.03 bits per heavy atom. The van der Waals surface area contributed by atoms with Crippen molar-refractivity contribution in [2.45, 2.75) is 95.6 Å². The maximum absolute atomic E-state index is 12.1. The van der Waals surface area contributed by atoms with Crippen LogP contribution in [0, 0.1) is 5.41 Å². The third-order valence-corrected chi connectivity index (χ3v) is 6.94. The van der Waals surface area contributed by atoms with Gasteiger partial charge in [0.2, 0.25) is 0 Å². The predicted octanol–water partition coefficient (Wildman–Crippen LogP) is -0.383.